The number of amides is 1. The maximum Gasteiger partial charge on any atom is 0.259 e. The minimum atomic E-state index is -0.0793. The standard InChI is InChI=1S/C27H31N3O3/c1-4-30-15-14-29(19-22-12-11-20(2)21(3)18-22)16-17-32-24-9-5-6-10-25(24)33-26-23(27(30)31)8-7-13-28-26/h5-13,18H,4,14-17,19H2,1-3H3. The lowest BCUT2D eigenvalue weighted by atomic mass is 10.1. The number of pyridine rings is 1. The van der Waals surface area contributed by atoms with E-state index in [1.807, 2.05) is 36.1 Å². The molecule has 1 amide bonds. The first-order chi connectivity index (χ1) is 16.0. The third-order valence-electron chi connectivity index (χ3n) is 6.06. The van der Waals surface area contributed by atoms with Gasteiger partial charge in [0.25, 0.3) is 5.91 Å². The fraction of sp³-hybridized carbons (Fsp3) is 0.333. The number of nitrogens with zero attached hydrogens (tertiary/aromatic N) is 3. The molecule has 6 heteroatoms. The first-order valence-electron chi connectivity index (χ1n) is 11.5. The number of carbonyl (C=O) groups is 1. The third kappa shape index (κ3) is 5.52. The zero-order valence-electron chi connectivity index (χ0n) is 19.6. The molecule has 0 spiro atoms. The van der Waals surface area contributed by atoms with E-state index in [4.69, 9.17) is 9.47 Å². The van der Waals surface area contributed by atoms with Gasteiger partial charge in [0, 0.05) is 38.9 Å². The summed E-state index contributed by atoms with van der Waals surface area (Å²) < 4.78 is 12.2. The van der Waals surface area contributed by atoms with Crippen molar-refractivity contribution in [2.75, 3.05) is 32.8 Å². The van der Waals surface area contributed by atoms with Gasteiger partial charge in [-0.25, -0.2) is 4.98 Å². The monoisotopic (exact) mass is 445 g/mol. The minimum absolute atomic E-state index is 0.0793. The number of benzene rings is 2. The fourth-order valence-electron chi connectivity index (χ4n) is 3.94. The van der Waals surface area contributed by atoms with Gasteiger partial charge in [-0.05, 0) is 61.7 Å². The molecule has 1 aliphatic rings. The van der Waals surface area contributed by atoms with Crippen molar-refractivity contribution in [2.45, 2.75) is 27.3 Å². The van der Waals surface area contributed by atoms with E-state index in [1.165, 1.54) is 16.7 Å². The van der Waals surface area contributed by atoms with Crippen LogP contribution in [0.25, 0.3) is 0 Å². The van der Waals surface area contributed by atoms with E-state index in [1.54, 1.807) is 18.3 Å². The van der Waals surface area contributed by atoms with Gasteiger partial charge >= 0.3 is 0 Å². The molecular weight excluding hydrogens is 414 g/mol. The van der Waals surface area contributed by atoms with Crippen molar-refractivity contribution in [1.29, 1.82) is 0 Å². The molecule has 0 aliphatic carbocycles. The molecule has 0 bridgehead atoms. The first-order valence-corrected chi connectivity index (χ1v) is 11.5. The van der Waals surface area contributed by atoms with Gasteiger partial charge in [0.1, 0.15) is 12.2 Å². The molecule has 0 saturated heterocycles. The Labute approximate surface area is 195 Å². The Morgan fingerprint density at radius 3 is 2.55 bits per heavy atom. The average Bonchev–Trinajstić information content (AvgIpc) is 2.83. The molecule has 33 heavy (non-hydrogen) atoms. The highest BCUT2D eigenvalue weighted by atomic mass is 16.5. The van der Waals surface area contributed by atoms with Gasteiger partial charge < -0.3 is 14.4 Å². The number of rotatable bonds is 3. The normalized spacial score (nSPS) is 15.2. The Balaban J connectivity index is 1.64. The lowest BCUT2D eigenvalue weighted by Crippen LogP contribution is -2.39. The Bertz CT molecular complexity index is 1120. The van der Waals surface area contributed by atoms with E-state index in [9.17, 15) is 4.79 Å². The Morgan fingerprint density at radius 1 is 0.939 bits per heavy atom. The van der Waals surface area contributed by atoms with Gasteiger partial charge in [0.15, 0.2) is 11.5 Å². The second-order valence-electron chi connectivity index (χ2n) is 8.33. The summed E-state index contributed by atoms with van der Waals surface area (Å²) in [5.41, 5.74) is 4.29. The molecule has 172 valence electrons. The van der Waals surface area contributed by atoms with Crippen molar-refractivity contribution >= 4 is 5.91 Å². The van der Waals surface area contributed by atoms with Gasteiger partial charge in [-0.2, -0.15) is 0 Å². The molecule has 2 aromatic carbocycles. The van der Waals surface area contributed by atoms with Crippen LogP contribution in [-0.4, -0.2) is 53.5 Å². The van der Waals surface area contributed by atoms with E-state index in [0.717, 1.165) is 19.6 Å². The van der Waals surface area contributed by atoms with Gasteiger partial charge in [-0.1, -0.05) is 30.3 Å². The van der Waals surface area contributed by atoms with Crippen LogP contribution in [0.4, 0.5) is 0 Å². The zero-order valence-corrected chi connectivity index (χ0v) is 19.6. The van der Waals surface area contributed by atoms with Crippen LogP contribution in [0.15, 0.2) is 60.8 Å². The number of likely N-dealkylation sites (N-methyl/N-ethyl adjacent to an activating group) is 1. The highest BCUT2D eigenvalue weighted by Gasteiger charge is 2.22. The SMILES string of the molecule is CCN1CCN(Cc2ccc(C)c(C)c2)CCOc2ccccc2Oc2ncccc2C1=O. The van der Waals surface area contributed by atoms with E-state index < -0.39 is 0 Å². The maximum absolute atomic E-state index is 13.4. The van der Waals surface area contributed by atoms with Crippen molar-refractivity contribution in [3.8, 4) is 17.4 Å². The van der Waals surface area contributed by atoms with Crippen molar-refractivity contribution in [2.24, 2.45) is 0 Å². The van der Waals surface area contributed by atoms with Crippen LogP contribution in [0.2, 0.25) is 0 Å². The van der Waals surface area contributed by atoms with Gasteiger partial charge in [0.2, 0.25) is 5.88 Å². The molecule has 1 aromatic heterocycles. The Kier molecular flexibility index (Phi) is 7.25. The highest BCUT2D eigenvalue weighted by Crippen LogP contribution is 2.32. The third-order valence-corrected chi connectivity index (χ3v) is 6.06. The minimum Gasteiger partial charge on any atom is -0.488 e. The number of fused-ring (bicyclic) bond motifs is 2. The number of aryl methyl sites for hydroxylation is 2. The number of carbonyl (C=O) groups excluding carboxylic acids is 1. The number of ether oxygens (including phenoxy) is 2. The predicted molar refractivity (Wildman–Crippen MR) is 129 cm³/mol. The van der Waals surface area contributed by atoms with Crippen molar-refractivity contribution in [3.63, 3.8) is 0 Å². The summed E-state index contributed by atoms with van der Waals surface area (Å²) in [5, 5.41) is 0. The van der Waals surface area contributed by atoms with E-state index in [0.29, 0.717) is 42.6 Å². The molecule has 0 atom stereocenters. The summed E-state index contributed by atoms with van der Waals surface area (Å²) in [4.78, 5) is 21.9. The van der Waals surface area contributed by atoms with E-state index >= 15 is 0 Å². The number of aromatic nitrogens is 1. The maximum atomic E-state index is 13.4. The van der Waals surface area contributed by atoms with Crippen LogP contribution in [0.3, 0.4) is 0 Å². The molecule has 0 unspecified atom stereocenters. The molecule has 2 heterocycles. The summed E-state index contributed by atoms with van der Waals surface area (Å²) in [7, 11) is 0. The van der Waals surface area contributed by atoms with Gasteiger partial charge in [-0.3, -0.25) is 9.69 Å². The second kappa shape index (κ2) is 10.5. The predicted octanol–water partition coefficient (Wildman–Crippen LogP) is 4.85. The van der Waals surface area contributed by atoms with Crippen LogP contribution in [-0.2, 0) is 6.54 Å². The number of hydrogen-bond donors (Lipinski definition) is 0. The molecule has 3 aromatic rings. The zero-order chi connectivity index (χ0) is 23.2. The summed E-state index contributed by atoms with van der Waals surface area (Å²) in [5.74, 6) is 1.40. The van der Waals surface area contributed by atoms with Gasteiger partial charge in [0.05, 0.1) is 0 Å². The molecular formula is C27H31N3O3. The molecule has 0 N–H and O–H groups in total. The van der Waals surface area contributed by atoms with Gasteiger partial charge in [-0.15, -0.1) is 0 Å². The molecule has 6 nitrogen and oxygen atoms in total. The largest absolute Gasteiger partial charge is 0.488 e. The number of hydrogen-bond acceptors (Lipinski definition) is 5. The summed E-state index contributed by atoms with van der Waals surface area (Å²) in [6.45, 7) is 10.3. The summed E-state index contributed by atoms with van der Waals surface area (Å²) in [6, 6.07) is 17.6. The fourth-order valence-corrected chi connectivity index (χ4v) is 3.94. The summed E-state index contributed by atoms with van der Waals surface area (Å²) in [6.07, 6.45) is 1.63. The second-order valence-corrected chi connectivity index (χ2v) is 8.33. The smallest absolute Gasteiger partial charge is 0.259 e. The van der Waals surface area contributed by atoms with Crippen LogP contribution >= 0.6 is 0 Å². The number of para-hydroxylation sites is 2. The van der Waals surface area contributed by atoms with Crippen molar-refractivity contribution in [1.82, 2.24) is 14.8 Å². The van der Waals surface area contributed by atoms with Crippen molar-refractivity contribution < 1.29 is 14.3 Å². The molecule has 1 aliphatic heterocycles. The first kappa shape index (κ1) is 22.8. The quantitative estimate of drug-likeness (QED) is 0.577. The van der Waals surface area contributed by atoms with E-state index in [2.05, 4.69) is 41.9 Å². The molecule has 4 rings (SSSR count). The van der Waals surface area contributed by atoms with Crippen LogP contribution in [0.1, 0.15) is 34.0 Å². The topological polar surface area (TPSA) is 54.9 Å². The Hall–Kier alpha value is -3.38. The molecule has 0 radical (unpaired) electrons. The lowest BCUT2D eigenvalue weighted by molar-refractivity contribution is 0.0736. The highest BCUT2D eigenvalue weighted by molar-refractivity contribution is 5.96. The summed E-state index contributed by atoms with van der Waals surface area (Å²) >= 11 is 0. The molecule has 0 fully saturated rings. The molecule has 0 saturated carbocycles. The van der Waals surface area contributed by atoms with Crippen LogP contribution in [0, 0.1) is 13.8 Å². The lowest BCUT2D eigenvalue weighted by Gasteiger charge is -2.27. The van der Waals surface area contributed by atoms with E-state index in [-0.39, 0.29) is 5.91 Å². The Morgan fingerprint density at radius 2 is 1.76 bits per heavy atom. The average molecular weight is 446 g/mol. The van der Waals surface area contributed by atoms with Crippen LogP contribution < -0.4 is 9.47 Å². The van der Waals surface area contributed by atoms with Crippen LogP contribution in [0.5, 0.6) is 17.4 Å². The van der Waals surface area contributed by atoms with Crippen molar-refractivity contribution in [3.05, 3.63) is 83.0 Å².